The molecule has 20 heavy (non-hydrogen) atoms. The molecule has 6 heteroatoms. The molecule has 0 spiro atoms. The second kappa shape index (κ2) is 5.92. The summed E-state index contributed by atoms with van der Waals surface area (Å²) >= 11 is 0. The third kappa shape index (κ3) is 3.08. The highest BCUT2D eigenvalue weighted by molar-refractivity contribution is 5.94. The topological polar surface area (TPSA) is 81.7 Å². The molecule has 3 N–H and O–H groups in total. The normalized spacial score (nSPS) is 18.9. The molecular formula is C14H19N3O3. The molecule has 0 saturated carbocycles. The number of rotatable bonds is 2. The molecule has 6 nitrogen and oxygen atoms in total. The SMILES string of the molecule is Cc1cccc(C)c1NC(=O)N[C@@H]1CCCN(O)C1=O. The van der Waals surface area contributed by atoms with Crippen molar-refractivity contribution >= 4 is 17.6 Å². The van der Waals surface area contributed by atoms with Crippen LogP contribution in [-0.2, 0) is 4.79 Å². The van der Waals surface area contributed by atoms with Crippen molar-refractivity contribution in [3.63, 3.8) is 0 Å². The van der Waals surface area contributed by atoms with Gasteiger partial charge in [-0.25, -0.2) is 9.86 Å². The van der Waals surface area contributed by atoms with E-state index in [4.69, 9.17) is 0 Å². The van der Waals surface area contributed by atoms with E-state index in [0.717, 1.165) is 16.8 Å². The van der Waals surface area contributed by atoms with Crippen molar-refractivity contribution in [2.45, 2.75) is 32.7 Å². The Hall–Kier alpha value is -2.08. The van der Waals surface area contributed by atoms with Crippen LogP contribution in [0.4, 0.5) is 10.5 Å². The van der Waals surface area contributed by atoms with Crippen molar-refractivity contribution in [1.82, 2.24) is 10.4 Å². The molecule has 1 aromatic carbocycles. The lowest BCUT2D eigenvalue weighted by molar-refractivity contribution is -0.172. The minimum Gasteiger partial charge on any atom is -0.326 e. The summed E-state index contributed by atoms with van der Waals surface area (Å²) in [5.74, 6) is -0.465. The van der Waals surface area contributed by atoms with Gasteiger partial charge in [0.15, 0.2) is 0 Å². The van der Waals surface area contributed by atoms with Gasteiger partial charge in [-0.1, -0.05) is 18.2 Å². The number of hydrogen-bond acceptors (Lipinski definition) is 3. The summed E-state index contributed by atoms with van der Waals surface area (Å²) < 4.78 is 0. The molecule has 0 bridgehead atoms. The lowest BCUT2D eigenvalue weighted by Crippen LogP contribution is -2.52. The van der Waals surface area contributed by atoms with E-state index >= 15 is 0 Å². The van der Waals surface area contributed by atoms with Crippen molar-refractivity contribution in [3.8, 4) is 0 Å². The first kappa shape index (κ1) is 14.3. The minimum atomic E-state index is -0.668. The highest BCUT2D eigenvalue weighted by atomic mass is 16.5. The highest BCUT2D eigenvalue weighted by Gasteiger charge is 2.29. The van der Waals surface area contributed by atoms with E-state index in [1.54, 1.807) is 0 Å². The van der Waals surface area contributed by atoms with E-state index in [2.05, 4.69) is 10.6 Å². The molecule has 1 aliphatic rings. The number of hydrogen-bond donors (Lipinski definition) is 3. The van der Waals surface area contributed by atoms with E-state index < -0.39 is 18.0 Å². The molecule has 0 aliphatic carbocycles. The van der Waals surface area contributed by atoms with Gasteiger partial charge in [-0.3, -0.25) is 10.0 Å². The molecule has 3 amide bonds. The summed E-state index contributed by atoms with van der Waals surface area (Å²) in [7, 11) is 0. The molecule has 1 heterocycles. The number of piperidine rings is 1. The van der Waals surface area contributed by atoms with Crippen molar-refractivity contribution in [3.05, 3.63) is 29.3 Å². The molecule has 0 radical (unpaired) electrons. The van der Waals surface area contributed by atoms with Crippen LogP contribution in [0.25, 0.3) is 0 Å². The van der Waals surface area contributed by atoms with Crippen LogP contribution in [0.2, 0.25) is 0 Å². The average Bonchev–Trinajstić information content (AvgIpc) is 2.39. The van der Waals surface area contributed by atoms with E-state index in [1.807, 2.05) is 32.0 Å². The van der Waals surface area contributed by atoms with Gasteiger partial charge in [0.2, 0.25) is 0 Å². The van der Waals surface area contributed by atoms with Gasteiger partial charge in [0.1, 0.15) is 6.04 Å². The Morgan fingerprint density at radius 2 is 2.00 bits per heavy atom. The zero-order valence-corrected chi connectivity index (χ0v) is 11.6. The fourth-order valence-corrected chi connectivity index (χ4v) is 2.31. The number of benzene rings is 1. The van der Waals surface area contributed by atoms with Crippen LogP contribution in [0.5, 0.6) is 0 Å². The Balaban J connectivity index is 2.01. The number of urea groups is 1. The maximum Gasteiger partial charge on any atom is 0.319 e. The summed E-state index contributed by atoms with van der Waals surface area (Å²) in [4.78, 5) is 23.6. The average molecular weight is 277 g/mol. The lowest BCUT2D eigenvalue weighted by atomic mass is 10.1. The fraction of sp³-hybridized carbons (Fsp3) is 0.429. The molecular weight excluding hydrogens is 258 g/mol. The van der Waals surface area contributed by atoms with Crippen molar-refractivity contribution in [1.29, 1.82) is 0 Å². The summed E-state index contributed by atoms with van der Waals surface area (Å²) in [6.45, 7) is 4.13. The van der Waals surface area contributed by atoms with Crippen LogP contribution in [-0.4, -0.2) is 34.8 Å². The maximum atomic E-state index is 12.0. The van der Waals surface area contributed by atoms with Gasteiger partial charge in [0.25, 0.3) is 5.91 Å². The number of nitrogens with zero attached hydrogens (tertiary/aromatic N) is 1. The van der Waals surface area contributed by atoms with Gasteiger partial charge in [0.05, 0.1) is 0 Å². The monoisotopic (exact) mass is 277 g/mol. The molecule has 1 atom stereocenters. The van der Waals surface area contributed by atoms with Gasteiger partial charge >= 0.3 is 6.03 Å². The third-order valence-corrected chi connectivity index (χ3v) is 3.44. The second-order valence-electron chi connectivity index (χ2n) is 5.02. The first-order valence-electron chi connectivity index (χ1n) is 6.63. The smallest absolute Gasteiger partial charge is 0.319 e. The van der Waals surface area contributed by atoms with Gasteiger partial charge in [0, 0.05) is 12.2 Å². The Kier molecular flexibility index (Phi) is 4.24. The molecule has 2 rings (SSSR count). The fourth-order valence-electron chi connectivity index (χ4n) is 2.31. The maximum absolute atomic E-state index is 12.0. The van der Waals surface area contributed by atoms with E-state index in [9.17, 15) is 14.8 Å². The molecule has 0 unspecified atom stereocenters. The Morgan fingerprint density at radius 1 is 1.35 bits per heavy atom. The van der Waals surface area contributed by atoms with Crippen LogP contribution in [0.3, 0.4) is 0 Å². The Morgan fingerprint density at radius 3 is 2.65 bits per heavy atom. The van der Waals surface area contributed by atoms with Crippen LogP contribution in [0.15, 0.2) is 18.2 Å². The number of hydroxylamine groups is 2. The van der Waals surface area contributed by atoms with Crippen LogP contribution < -0.4 is 10.6 Å². The van der Waals surface area contributed by atoms with Gasteiger partial charge < -0.3 is 10.6 Å². The Bertz CT molecular complexity index is 510. The van der Waals surface area contributed by atoms with Crippen LogP contribution in [0.1, 0.15) is 24.0 Å². The van der Waals surface area contributed by atoms with Crippen LogP contribution >= 0.6 is 0 Å². The first-order valence-corrected chi connectivity index (χ1v) is 6.63. The van der Waals surface area contributed by atoms with Gasteiger partial charge in [-0.2, -0.15) is 0 Å². The quantitative estimate of drug-likeness (QED) is 0.721. The minimum absolute atomic E-state index is 0.315. The summed E-state index contributed by atoms with van der Waals surface area (Å²) in [6, 6.07) is 4.63. The molecule has 0 aromatic heterocycles. The van der Waals surface area contributed by atoms with E-state index in [-0.39, 0.29) is 0 Å². The number of aryl methyl sites for hydroxylation is 2. The molecule has 1 saturated heterocycles. The van der Waals surface area contributed by atoms with Gasteiger partial charge in [-0.05, 0) is 37.8 Å². The lowest BCUT2D eigenvalue weighted by Gasteiger charge is -2.28. The van der Waals surface area contributed by atoms with Gasteiger partial charge in [-0.15, -0.1) is 0 Å². The number of anilines is 1. The number of carbonyl (C=O) groups excluding carboxylic acids is 2. The highest BCUT2D eigenvalue weighted by Crippen LogP contribution is 2.19. The van der Waals surface area contributed by atoms with Crippen molar-refractivity contribution < 1.29 is 14.8 Å². The molecule has 108 valence electrons. The zero-order valence-electron chi connectivity index (χ0n) is 11.6. The largest absolute Gasteiger partial charge is 0.326 e. The van der Waals surface area contributed by atoms with Crippen molar-refractivity contribution in [2.75, 3.05) is 11.9 Å². The molecule has 1 aromatic rings. The third-order valence-electron chi connectivity index (χ3n) is 3.44. The number of carbonyl (C=O) groups is 2. The second-order valence-corrected chi connectivity index (χ2v) is 5.02. The van der Waals surface area contributed by atoms with Crippen molar-refractivity contribution in [2.24, 2.45) is 0 Å². The van der Waals surface area contributed by atoms with E-state index in [1.165, 1.54) is 0 Å². The van der Waals surface area contributed by atoms with Crippen LogP contribution in [0, 0.1) is 13.8 Å². The standard InChI is InChI=1S/C14H19N3O3/c1-9-5-3-6-10(2)12(9)16-14(19)15-11-7-4-8-17(20)13(11)18/h3,5-6,11,20H,4,7-8H2,1-2H3,(H2,15,16,19)/t11-/m1/s1. The van der Waals surface area contributed by atoms with E-state index in [0.29, 0.717) is 24.4 Å². The summed E-state index contributed by atoms with van der Waals surface area (Å²) in [5.41, 5.74) is 2.66. The molecule has 1 aliphatic heterocycles. The number of amides is 3. The molecule has 1 fully saturated rings. The zero-order chi connectivity index (χ0) is 14.7. The predicted molar refractivity (Wildman–Crippen MR) is 74.6 cm³/mol. The summed E-state index contributed by atoms with van der Waals surface area (Å²) in [5, 5.41) is 15.4. The Labute approximate surface area is 117 Å². The first-order chi connectivity index (χ1) is 9.49. The number of nitrogens with one attached hydrogen (secondary N) is 2. The predicted octanol–water partition coefficient (Wildman–Crippen LogP) is 1.81. The summed E-state index contributed by atoms with van der Waals surface area (Å²) in [6.07, 6.45) is 1.20. The number of para-hydroxylation sites is 1.